The smallest absolute Gasteiger partial charge is 0.121 e. The fourth-order valence-corrected chi connectivity index (χ4v) is 2.42. The van der Waals surface area contributed by atoms with Crippen LogP contribution < -0.4 is 10.1 Å². The van der Waals surface area contributed by atoms with Gasteiger partial charge in [0.1, 0.15) is 5.75 Å². The molecule has 0 heterocycles. The molecule has 0 spiro atoms. The summed E-state index contributed by atoms with van der Waals surface area (Å²) in [4.78, 5) is 0. The van der Waals surface area contributed by atoms with Gasteiger partial charge < -0.3 is 10.1 Å². The van der Waals surface area contributed by atoms with Crippen molar-refractivity contribution in [3.05, 3.63) is 53.1 Å². The first kappa shape index (κ1) is 14.6. The lowest BCUT2D eigenvalue weighted by Crippen LogP contribution is -2.12. The first-order valence-corrected chi connectivity index (χ1v) is 7.11. The first-order chi connectivity index (χ1) is 9.65. The maximum atomic E-state index is 5.34. The summed E-state index contributed by atoms with van der Waals surface area (Å²) in [5, 5.41) is 3.41. The van der Waals surface area contributed by atoms with E-state index < -0.39 is 0 Å². The van der Waals surface area contributed by atoms with Crippen molar-refractivity contribution in [2.45, 2.75) is 27.3 Å². The van der Waals surface area contributed by atoms with Crippen molar-refractivity contribution in [2.24, 2.45) is 0 Å². The standard InChI is InChI=1S/C18H23NO/c1-5-19-12-16-7-6-13(2)10-17(16)15-8-9-18(20-4)14(3)11-15/h6-11,19H,5,12H2,1-4H3. The molecule has 0 aliphatic heterocycles. The van der Waals surface area contributed by atoms with Crippen LogP contribution in [0.5, 0.6) is 5.75 Å². The summed E-state index contributed by atoms with van der Waals surface area (Å²) in [6.45, 7) is 8.23. The average Bonchev–Trinajstić information content (AvgIpc) is 2.46. The van der Waals surface area contributed by atoms with E-state index >= 15 is 0 Å². The van der Waals surface area contributed by atoms with Gasteiger partial charge in [0, 0.05) is 6.54 Å². The molecule has 0 aliphatic carbocycles. The second kappa shape index (κ2) is 6.58. The topological polar surface area (TPSA) is 21.3 Å². The van der Waals surface area contributed by atoms with Gasteiger partial charge in [-0.2, -0.15) is 0 Å². The predicted molar refractivity (Wildman–Crippen MR) is 85.3 cm³/mol. The van der Waals surface area contributed by atoms with Crippen molar-refractivity contribution in [2.75, 3.05) is 13.7 Å². The van der Waals surface area contributed by atoms with E-state index in [1.165, 1.54) is 27.8 Å². The Labute approximate surface area is 121 Å². The summed E-state index contributed by atoms with van der Waals surface area (Å²) < 4.78 is 5.34. The SMILES string of the molecule is CCNCc1ccc(C)cc1-c1ccc(OC)c(C)c1. The average molecular weight is 269 g/mol. The van der Waals surface area contributed by atoms with Crippen LogP contribution in [0.15, 0.2) is 36.4 Å². The van der Waals surface area contributed by atoms with Crippen LogP contribution in [-0.2, 0) is 6.54 Å². The normalized spacial score (nSPS) is 10.6. The molecule has 20 heavy (non-hydrogen) atoms. The highest BCUT2D eigenvalue weighted by Crippen LogP contribution is 2.29. The van der Waals surface area contributed by atoms with Crippen LogP contribution in [-0.4, -0.2) is 13.7 Å². The highest BCUT2D eigenvalue weighted by atomic mass is 16.5. The maximum absolute atomic E-state index is 5.34. The highest BCUT2D eigenvalue weighted by Gasteiger charge is 2.07. The first-order valence-electron chi connectivity index (χ1n) is 7.11. The second-order valence-corrected chi connectivity index (χ2v) is 5.13. The number of ether oxygens (including phenoxy) is 1. The van der Waals surface area contributed by atoms with Crippen LogP contribution in [0.25, 0.3) is 11.1 Å². The van der Waals surface area contributed by atoms with Crippen LogP contribution in [0.3, 0.4) is 0 Å². The van der Waals surface area contributed by atoms with E-state index in [1.807, 2.05) is 6.07 Å². The summed E-state index contributed by atoms with van der Waals surface area (Å²) >= 11 is 0. The molecule has 0 atom stereocenters. The van der Waals surface area contributed by atoms with Crippen LogP contribution in [0.1, 0.15) is 23.6 Å². The van der Waals surface area contributed by atoms with E-state index in [4.69, 9.17) is 4.74 Å². The van der Waals surface area contributed by atoms with E-state index in [2.05, 4.69) is 56.4 Å². The monoisotopic (exact) mass is 269 g/mol. The van der Waals surface area contributed by atoms with Gasteiger partial charge in [0.2, 0.25) is 0 Å². The van der Waals surface area contributed by atoms with Crippen LogP contribution >= 0.6 is 0 Å². The van der Waals surface area contributed by atoms with E-state index in [1.54, 1.807) is 7.11 Å². The van der Waals surface area contributed by atoms with E-state index in [9.17, 15) is 0 Å². The zero-order valence-corrected chi connectivity index (χ0v) is 12.8. The number of hydrogen-bond acceptors (Lipinski definition) is 2. The van der Waals surface area contributed by atoms with Crippen molar-refractivity contribution < 1.29 is 4.74 Å². The largest absolute Gasteiger partial charge is 0.496 e. The number of methoxy groups -OCH3 is 1. The van der Waals surface area contributed by atoms with E-state index in [0.717, 1.165) is 18.8 Å². The Bertz CT molecular complexity index is 590. The van der Waals surface area contributed by atoms with Gasteiger partial charge in [-0.1, -0.05) is 36.8 Å². The Balaban J connectivity index is 2.44. The Morgan fingerprint density at radius 1 is 1.05 bits per heavy atom. The lowest BCUT2D eigenvalue weighted by molar-refractivity contribution is 0.412. The Kier molecular flexibility index (Phi) is 4.80. The van der Waals surface area contributed by atoms with Crippen molar-refractivity contribution in [1.29, 1.82) is 0 Å². The fraction of sp³-hybridized carbons (Fsp3) is 0.333. The Morgan fingerprint density at radius 2 is 1.85 bits per heavy atom. The molecule has 0 bridgehead atoms. The van der Waals surface area contributed by atoms with Crippen LogP contribution in [0.4, 0.5) is 0 Å². The number of nitrogens with one attached hydrogen (secondary N) is 1. The third-order valence-electron chi connectivity index (χ3n) is 3.54. The van der Waals surface area contributed by atoms with Gasteiger partial charge in [0.15, 0.2) is 0 Å². The van der Waals surface area contributed by atoms with Crippen molar-refractivity contribution in [3.63, 3.8) is 0 Å². The molecule has 0 unspecified atom stereocenters. The third kappa shape index (κ3) is 3.20. The second-order valence-electron chi connectivity index (χ2n) is 5.13. The summed E-state index contributed by atoms with van der Waals surface area (Å²) in [6, 6.07) is 13.0. The molecule has 0 radical (unpaired) electrons. The minimum absolute atomic E-state index is 0.900. The summed E-state index contributed by atoms with van der Waals surface area (Å²) in [6.07, 6.45) is 0. The van der Waals surface area contributed by atoms with Crippen LogP contribution in [0.2, 0.25) is 0 Å². The zero-order valence-electron chi connectivity index (χ0n) is 12.8. The maximum Gasteiger partial charge on any atom is 0.121 e. The fourth-order valence-electron chi connectivity index (χ4n) is 2.42. The number of benzene rings is 2. The lowest BCUT2D eigenvalue weighted by Gasteiger charge is -2.13. The number of rotatable bonds is 5. The molecule has 2 rings (SSSR count). The minimum Gasteiger partial charge on any atom is -0.496 e. The summed E-state index contributed by atoms with van der Waals surface area (Å²) in [7, 11) is 1.71. The molecular weight excluding hydrogens is 246 g/mol. The molecule has 2 nitrogen and oxygen atoms in total. The predicted octanol–water partition coefficient (Wildman–Crippen LogP) is 4.09. The summed E-state index contributed by atoms with van der Waals surface area (Å²) in [5.41, 5.74) is 6.34. The Morgan fingerprint density at radius 3 is 2.50 bits per heavy atom. The van der Waals surface area contributed by atoms with Gasteiger partial charge in [0.05, 0.1) is 7.11 Å². The van der Waals surface area contributed by atoms with Crippen molar-refractivity contribution in [1.82, 2.24) is 5.32 Å². The number of aryl methyl sites for hydroxylation is 2. The molecule has 0 aliphatic rings. The number of hydrogen-bond donors (Lipinski definition) is 1. The van der Waals surface area contributed by atoms with Gasteiger partial charge in [-0.25, -0.2) is 0 Å². The molecule has 0 saturated carbocycles. The molecule has 0 amide bonds. The minimum atomic E-state index is 0.900. The molecule has 2 heteroatoms. The molecule has 0 fully saturated rings. The van der Waals surface area contributed by atoms with Gasteiger partial charge >= 0.3 is 0 Å². The molecule has 1 N–H and O–H groups in total. The summed E-state index contributed by atoms with van der Waals surface area (Å²) in [5.74, 6) is 0.939. The third-order valence-corrected chi connectivity index (χ3v) is 3.54. The molecule has 2 aromatic carbocycles. The van der Waals surface area contributed by atoms with Crippen LogP contribution in [0, 0.1) is 13.8 Å². The zero-order chi connectivity index (χ0) is 14.5. The lowest BCUT2D eigenvalue weighted by atomic mass is 9.96. The van der Waals surface area contributed by atoms with E-state index in [0.29, 0.717) is 0 Å². The van der Waals surface area contributed by atoms with Gasteiger partial charge in [-0.3, -0.25) is 0 Å². The quantitative estimate of drug-likeness (QED) is 0.882. The molecule has 0 saturated heterocycles. The van der Waals surface area contributed by atoms with Gasteiger partial charge in [0.25, 0.3) is 0 Å². The van der Waals surface area contributed by atoms with Crippen molar-refractivity contribution >= 4 is 0 Å². The molecule has 2 aromatic rings. The Hall–Kier alpha value is -1.80. The molecular formula is C18H23NO. The van der Waals surface area contributed by atoms with Gasteiger partial charge in [-0.15, -0.1) is 0 Å². The highest BCUT2D eigenvalue weighted by molar-refractivity contribution is 5.70. The van der Waals surface area contributed by atoms with E-state index in [-0.39, 0.29) is 0 Å². The molecule has 106 valence electrons. The molecule has 0 aromatic heterocycles. The van der Waals surface area contributed by atoms with Crippen molar-refractivity contribution in [3.8, 4) is 16.9 Å². The van der Waals surface area contributed by atoms with Gasteiger partial charge in [-0.05, 0) is 54.8 Å².